The molecule has 19 heavy (non-hydrogen) atoms. The topological polar surface area (TPSA) is 53.2 Å². The lowest BCUT2D eigenvalue weighted by Crippen LogP contribution is -2.60. The smallest absolute Gasteiger partial charge is 0.0882 e. The number of hydrogen-bond donors (Lipinski definition) is 1. The summed E-state index contributed by atoms with van der Waals surface area (Å²) in [5.41, 5.74) is -1.32. The lowest BCUT2D eigenvalue weighted by Gasteiger charge is -2.54. The third-order valence-electron chi connectivity index (χ3n) is 5.46. The van der Waals surface area contributed by atoms with Gasteiger partial charge >= 0.3 is 0 Å². The molecule has 2 aliphatic carbocycles. The fourth-order valence-corrected chi connectivity index (χ4v) is 3.92. The molecule has 3 heteroatoms. The molecule has 0 atom stereocenters. The van der Waals surface area contributed by atoms with Gasteiger partial charge in [0.25, 0.3) is 0 Å². The quantitative estimate of drug-likeness (QED) is 0.848. The molecular formula is C16H27NO2. The maximum absolute atomic E-state index is 10.8. The zero-order chi connectivity index (χ0) is 14.1. The molecule has 0 saturated heterocycles. The number of hydrogen-bond acceptors (Lipinski definition) is 3. The Balaban J connectivity index is 2.00. The Morgan fingerprint density at radius 3 is 2.32 bits per heavy atom. The van der Waals surface area contributed by atoms with Crippen LogP contribution in [0.15, 0.2) is 0 Å². The van der Waals surface area contributed by atoms with Gasteiger partial charge in [-0.15, -0.1) is 0 Å². The Morgan fingerprint density at radius 1 is 1.32 bits per heavy atom. The number of ether oxygens (including phenoxy) is 1. The van der Waals surface area contributed by atoms with Crippen LogP contribution in [-0.2, 0) is 4.74 Å². The monoisotopic (exact) mass is 265 g/mol. The van der Waals surface area contributed by atoms with Crippen molar-refractivity contribution in [2.24, 2.45) is 17.3 Å². The van der Waals surface area contributed by atoms with Crippen molar-refractivity contribution in [3.8, 4) is 6.07 Å². The normalized spacial score (nSPS) is 42.7. The summed E-state index contributed by atoms with van der Waals surface area (Å²) < 4.78 is 5.54. The van der Waals surface area contributed by atoms with Gasteiger partial charge in [0, 0.05) is 19.4 Å². The molecule has 108 valence electrons. The summed E-state index contributed by atoms with van der Waals surface area (Å²) in [7, 11) is 0. The van der Waals surface area contributed by atoms with E-state index in [0.717, 1.165) is 25.7 Å². The van der Waals surface area contributed by atoms with Gasteiger partial charge in [-0.1, -0.05) is 13.8 Å². The summed E-state index contributed by atoms with van der Waals surface area (Å²) in [4.78, 5) is 0. The minimum Gasteiger partial charge on any atom is -0.388 e. The van der Waals surface area contributed by atoms with Crippen molar-refractivity contribution in [1.29, 1.82) is 5.26 Å². The van der Waals surface area contributed by atoms with Crippen LogP contribution in [0.1, 0.15) is 59.3 Å². The van der Waals surface area contributed by atoms with Crippen molar-refractivity contribution in [1.82, 2.24) is 0 Å². The van der Waals surface area contributed by atoms with E-state index < -0.39 is 11.0 Å². The van der Waals surface area contributed by atoms with E-state index in [1.54, 1.807) is 0 Å². The maximum Gasteiger partial charge on any atom is 0.0882 e. The van der Waals surface area contributed by atoms with Gasteiger partial charge in [-0.05, 0) is 44.4 Å². The molecule has 2 fully saturated rings. The molecule has 0 aliphatic heterocycles. The van der Waals surface area contributed by atoms with Crippen LogP contribution in [0, 0.1) is 28.6 Å². The minimum atomic E-state index is -0.802. The van der Waals surface area contributed by atoms with Crippen LogP contribution in [0.25, 0.3) is 0 Å². The first-order valence-corrected chi connectivity index (χ1v) is 7.71. The van der Waals surface area contributed by atoms with Gasteiger partial charge in [0.2, 0.25) is 0 Å². The standard InChI is InChI=1S/C16H27NO2/c1-4-19-14-9-16(18,10-14)15(11-17)7-5-13(6-8-15)12(2)3/h12-14,18H,4-10H2,1-3H3. The third-order valence-corrected chi connectivity index (χ3v) is 5.46. The van der Waals surface area contributed by atoms with Gasteiger partial charge < -0.3 is 9.84 Å². The van der Waals surface area contributed by atoms with Gasteiger partial charge in [-0.3, -0.25) is 0 Å². The van der Waals surface area contributed by atoms with Gasteiger partial charge in [0.15, 0.2) is 0 Å². The summed E-state index contributed by atoms with van der Waals surface area (Å²) in [6, 6.07) is 2.48. The summed E-state index contributed by atoms with van der Waals surface area (Å²) in [6.45, 7) is 7.18. The summed E-state index contributed by atoms with van der Waals surface area (Å²) in [5.74, 6) is 1.40. The number of aliphatic hydroxyl groups is 1. The molecule has 0 radical (unpaired) electrons. The second-order valence-corrected chi connectivity index (χ2v) is 6.79. The first-order chi connectivity index (χ1) is 8.96. The highest BCUT2D eigenvalue weighted by Gasteiger charge is 2.59. The van der Waals surface area contributed by atoms with E-state index in [9.17, 15) is 10.4 Å². The molecule has 0 heterocycles. The van der Waals surface area contributed by atoms with E-state index >= 15 is 0 Å². The van der Waals surface area contributed by atoms with Crippen LogP contribution in [0.3, 0.4) is 0 Å². The molecule has 0 aromatic carbocycles. The van der Waals surface area contributed by atoms with Crippen LogP contribution >= 0.6 is 0 Å². The van der Waals surface area contributed by atoms with E-state index in [0.29, 0.717) is 31.3 Å². The number of nitriles is 1. The Bertz CT molecular complexity index is 344. The minimum absolute atomic E-state index is 0.156. The van der Waals surface area contributed by atoms with E-state index in [1.807, 2.05) is 6.92 Å². The van der Waals surface area contributed by atoms with Gasteiger partial charge in [-0.2, -0.15) is 5.26 Å². The molecule has 0 unspecified atom stereocenters. The molecule has 0 aromatic rings. The van der Waals surface area contributed by atoms with Crippen molar-refractivity contribution in [3.05, 3.63) is 0 Å². The van der Waals surface area contributed by atoms with Crippen LogP contribution in [0.2, 0.25) is 0 Å². The molecular weight excluding hydrogens is 238 g/mol. The predicted molar refractivity (Wildman–Crippen MR) is 74.4 cm³/mol. The molecule has 0 spiro atoms. The lowest BCUT2D eigenvalue weighted by atomic mass is 9.54. The highest BCUT2D eigenvalue weighted by molar-refractivity contribution is 5.18. The molecule has 3 nitrogen and oxygen atoms in total. The van der Waals surface area contributed by atoms with Crippen molar-refractivity contribution in [2.75, 3.05) is 6.61 Å². The highest BCUT2D eigenvalue weighted by Crippen LogP contribution is 2.55. The first kappa shape index (κ1) is 14.8. The number of rotatable bonds is 4. The van der Waals surface area contributed by atoms with Crippen molar-refractivity contribution in [3.63, 3.8) is 0 Å². The van der Waals surface area contributed by atoms with E-state index in [1.165, 1.54) is 0 Å². The SMILES string of the molecule is CCOC1CC(O)(C2(C#N)CCC(C(C)C)CC2)C1. The zero-order valence-electron chi connectivity index (χ0n) is 12.5. The Morgan fingerprint density at radius 2 is 1.89 bits per heavy atom. The second kappa shape index (κ2) is 5.42. The second-order valence-electron chi connectivity index (χ2n) is 6.79. The zero-order valence-corrected chi connectivity index (χ0v) is 12.5. The Hall–Kier alpha value is -0.590. The number of nitrogens with zero attached hydrogens (tertiary/aromatic N) is 1. The average Bonchev–Trinajstić information content (AvgIpc) is 2.37. The van der Waals surface area contributed by atoms with Gasteiger partial charge in [-0.25, -0.2) is 0 Å². The molecule has 2 saturated carbocycles. The van der Waals surface area contributed by atoms with E-state index in [4.69, 9.17) is 4.74 Å². The van der Waals surface area contributed by atoms with Crippen molar-refractivity contribution >= 4 is 0 Å². The third kappa shape index (κ3) is 2.53. The molecule has 0 amide bonds. The van der Waals surface area contributed by atoms with Crippen LogP contribution in [0.4, 0.5) is 0 Å². The molecule has 0 aromatic heterocycles. The van der Waals surface area contributed by atoms with Crippen molar-refractivity contribution in [2.45, 2.75) is 71.0 Å². The molecule has 1 N–H and O–H groups in total. The predicted octanol–water partition coefficient (Wildman–Crippen LogP) is 3.27. The summed E-state index contributed by atoms with van der Waals surface area (Å²) >= 11 is 0. The van der Waals surface area contributed by atoms with E-state index in [2.05, 4.69) is 19.9 Å². The maximum atomic E-state index is 10.8. The van der Waals surface area contributed by atoms with E-state index in [-0.39, 0.29) is 6.10 Å². The van der Waals surface area contributed by atoms with Crippen LogP contribution in [-0.4, -0.2) is 23.4 Å². The van der Waals surface area contributed by atoms with Crippen LogP contribution in [0.5, 0.6) is 0 Å². The highest BCUT2D eigenvalue weighted by atomic mass is 16.5. The van der Waals surface area contributed by atoms with Gasteiger partial charge in [0.05, 0.1) is 23.2 Å². The Labute approximate surface area is 117 Å². The molecule has 2 aliphatic rings. The first-order valence-electron chi connectivity index (χ1n) is 7.71. The Kier molecular flexibility index (Phi) is 4.23. The largest absolute Gasteiger partial charge is 0.388 e. The average molecular weight is 265 g/mol. The fraction of sp³-hybridized carbons (Fsp3) is 0.938. The summed E-state index contributed by atoms with van der Waals surface area (Å²) in [5, 5.41) is 20.4. The van der Waals surface area contributed by atoms with Gasteiger partial charge in [0.1, 0.15) is 0 Å². The lowest BCUT2D eigenvalue weighted by molar-refractivity contribution is -0.196. The fourth-order valence-electron chi connectivity index (χ4n) is 3.92. The molecule has 0 bridgehead atoms. The summed E-state index contributed by atoms with van der Waals surface area (Å²) in [6.07, 6.45) is 5.29. The molecule has 2 rings (SSSR count). The van der Waals surface area contributed by atoms with Crippen LogP contribution < -0.4 is 0 Å². The van der Waals surface area contributed by atoms with Crippen molar-refractivity contribution < 1.29 is 9.84 Å².